The lowest BCUT2D eigenvalue weighted by atomic mass is 10.1. The van der Waals surface area contributed by atoms with Gasteiger partial charge >= 0.3 is 0 Å². The Hall–Kier alpha value is -2.87. The van der Waals surface area contributed by atoms with Crippen LogP contribution in [0, 0.1) is 6.92 Å². The van der Waals surface area contributed by atoms with E-state index in [1.807, 2.05) is 50.2 Å². The number of aryl methyl sites for hydroxylation is 1. The Morgan fingerprint density at radius 3 is 2.21 bits per heavy atom. The molecule has 0 saturated carbocycles. The number of carbonyl (C=O) groups is 2. The van der Waals surface area contributed by atoms with E-state index in [-0.39, 0.29) is 12.5 Å². The van der Waals surface area contributed by atoms with Crippen molar-refractivity contribution in [3.05, 3.63) is 65.7 Å². The number of sulfonamides is 1. The smallest absolute Gasteiger partial charge is 0.244 e. The van der Waals surface area contributed by atoms with Crippen molar-refractivity contribution in [2.24, 2.45) is 0 Å². The Labute approximate surface area is 197 Å². The van der Waals surface area contributed by atoms with Crippen molar-refractivity contribution in [3.8, 4) is 0 Å². The first-order chi connectivity index (χ1) is 15.7. The number of rotatable bonds is 12. The van der Waals surface area contributed by atoms with Crippen LogP contribution in [0.4, 0.5) is 5.69 Å². The van der Waals surface area contributed by atoms with Gasteiger partial charge in [0.15, 0.2) is 0 Å². The molecule has 7 nitrogen and oxygen atoms in total. The first-order valence-electron chi connectivity index (χ1n) is 11.3. The monoisotopic (exact) mass is 473 g/mol. The number of carbonyl (C=O) groups excluding carboxylic acids is 2. The summed E-state index contributed by atoms with van der Waals surface area (Å²) in [4.78, 5) is 27.9. The van der Waals surface area contributed by atoms with Gasteiger partial charge in [-0.15, -0.1) is 0 Å². The molecule has 180 valence electrons. The van der Waals surface area contributed by atoms with Crippen LogP contribution in [-0.4, -0.2) is 57.1 Å². The SMILES string of the molecule is CCCNC(=O)C(CC)N(CCc1ccccc1)C(=O)CN(c1ccccc1C)S(C)(=O)=O. The van der Waals surface area contributed by atoms with E-state index in [9.17, 15) is 18.0 Å². The fourth-order valence-corrected chi connectivity index (χ4v) is 4.61. The van der Waals surface area contributed by atoms with Crippen LogP contribution in [0.5, 0.6) is 0 Å². The second-order valence-corrected chi connectivity index (χ2v) is 10.0. The molecule has 2 amide bonds. The third kappa shape index (κ3) is 7.60. The number of benzene rings is 2. The van der Waals surface area contributed by atoms with Crippen molar-refractivity contribution < 1.29 is 18.0 Å². The minimum Gasteiger partial charge on any atom is -0.354 e. The van der Waals surface area contributed by atoms with Crippen LogP contribution in [0.15, 0.2) is 54.6 Å². The molecule has 1 atom stereocenters. The first-order valence-corrected chi connectivity index (χ1v) is 13.2. The van der Waals surface area contributed by atoms with Gasteiger partial charge in [0.1, 0.15) is 12.6 Å². The molecule has 0 heterocycles. The molecule has 0 bridgehead atoms. The average Bonchev–Trinajstić information content (AvgIpc) is 2.79. The van der Waals surface area contributed by atoms with E-state index < -0.39 is 22.0 Å². The number of nitrogens with one attached hydrogen (secondary N) is 1. The minimum absolute atomic E-state index is 0.220. The molecule has 0 aliphatic rings. The summed E-state index contributed by atoms with van der Waals surface area (Å²) >= 11 is 0. The van der Waals surface area contributed by atoms with Crippen LogP contribution in [0.2, 0.25) is 0 Å². The lowest BCUT2D eigenvalue weighted by Crippen LogP contribution is -2.53. The Balaban J connectivity index is 2.35. The van der Waals surface area contributed by atoms with Crippen LogP contribution < -0.4 is 9.62 Å². The highest BCUT2D eigenvalue weighted by atomic mass is 32.2. The number of anilines is 1. The molecule has 2 rings (SSSR count). The quantitative estimate of drug-likeness (QED) is 0.513. The van der Waals surface area contributed by atoms with E-state index in [2.05, 4.69) is 5.32 Å². The van der Waals surface area contributed by atoms with Gasteiger partial charge < -0.3 is 10.2 Å². The summed E-state index contributed by atoms with van der Waals surface area (Å²) in [6.07, 6.45) is 2.87. The Bertz CT molecular complexity index is 1020. The zero-order valence-corrected chi connectivity index (χ0v) is 20.8. The zero-order chi connectivity index (χ0) is 24.4. The number of amides is 2. The molecule has 0 fully saturated rings. The standard InChI is InChI=1S/C25H35N3O4S/c1-5-17-26-25(30)22(6-2)27(18-16-21-13-8-7-9-14-21)24(29)19-28(33(4,31)32)23-15-11-10-12-20(23)3/h7-15,22H,5-6,16-19H2,1-4H3,(H,26,30). The lowest BCUT2D eigenvalue weighted by Gasteiger charge is -2.33. The van der Waals surface area contributed by atoms with Gasteiger partial charge in [-0.3, -0.25) is 13.9 Å². The largest absolute Gasteiger partial charge is 0.354 e. The Kier molecular flexibility index (Phi) is 9.91. The average molecular weight is 474 g/mol. The summed E-state index contributed by atoms with van der Waals surface area (Å²) in [5.41, 5.74) is 2.25. The van der Waals surface area contributed by atoms with Crippen molar-refractivity contribution >= 4 is 27.5 Å². The highest BCUT2D eigenvalue weighted by Crippen LogP contribution is 2.22. The third-order valence-corrected chi connectivity index (χ3v) is 6.61. The summed E-state index contributed by atoms with van der Waals surface area (Å²) in [5.74, 6) is -0.624. The van der Waals surface area contributed by atoms with E-state index in [0.29, 0.717) is 31.6 Å². The highest BCUT2D eigenvalue weighted by Gasteiger charge is 2.31. The van der Waals surface area contributed by atoms with Crippen LogP contribution in [0.3, 0.4) is 0 Å². The first kappa shape index (κ1) is 26.4. The van der Waals surface area contributed by atoms with Crippen molar-refractivity contribution in [1.29, 1.82) is 0 Å². The summed E-state index contributed by atoms with van der Waals surface area (Å²) in [6.45, 7) is 6.09. The van der Waals surface area contributed by atoms with Crippen molar-refractivity contribution in [1.82, 2.24) is 10.2 Å². The predicted octanol–water partition coefficient (Wildman–Crippen LogP) is 3.14. The molecule has 0 aliphatic carbocycles. The molecule has 0 radical (unpaired) electrons. The normalized spacial score (nSPS) is 12.1. The molecular weight excluding hydrogens is 438 g/mol. The Morgan fingerprint density at radius 2 is 1.64 bits per heavy atom. The van der Waals surface area contributed by atoms with Gasteiger partial charge in [0.05, 0.1) is 11.9 Å². The number of hydrogen-bond acceptors (Lipinski definition) is 4. The molecular formula is C25H35N3O4S. The van der Waals surface area contributed by atoms with Crippen LogP contribution in [0.25, 0.3) is 0 Å². The highest BCUT2D eigenvalue weighted by molar-refractivity contribution is 7.92. The maximum atomic E-state index is 13.5. The molecule has 2 aromatic rings. The summed E-state index contributed by atoms with van der Waals surface area (Å²) in [7, 11) is -3.72. The van der Waals surface area contributed by atoms with Gasteiger partial charge in [0.25, 0.3) is 0 Å². The van der Waals surface area contributed by atoms with Gasteiger partial charge in [-0.1, -0.05) is 62.4 Å². The summed E-state index contributed by atoms with van der Waals surface area (Å²) in [6, 6.07) is 16.1. The van der Waals surface area contributed by atoms with Gasteiger partial charge in [-0.2, -0.15) is 0 Å². The van der Waals surface area contributed by atoms with E-state index in [4.69, 9.17) is 0 Å². The number of para-hydroxylation sites is 1. The number of hydrogen-bond donors (Lipinski definition) is 1. The summed E-state index contributed by atoms with van der Waals surface area (Å²) < 4.78 is 26.3. The maximum absolute atomic E-state index is 13.5. The number of nitrogens with zero attached hydrogens (tertiary/aromatic N) is 2. The maximum Gasteiger partial charge on any atom is 0.244 e. The van der Waals surface area contributed by atoms with Crippen molar-refractivity contribution in [2.45, 2.75) is 46.1 Å². The van der Waals surface area contributed by atoms with Crippen LogP contribution >= 0.6 is 0 Å². The fourth-order valence-electron chi connectivity index (χ4n) is 3.70. The molecule has 8 heteroatoms. The van der Waals surface area contributed by atoms with E-state index >= 15 is 0 Å². The molecule has 33 heavy (non-hydrogen) atoms. The summed E-state index contributed by atoms with van der Waals surface area (Å²) in [5, 5.41) is 2.88. The predicted molar refractivity (Wildman–Crippen MR) is 133 cm³/mol. The topological polar surface area (TPSA) is 86.8 Å². The molecule has 1 N–H and O–H groups in total. The zero-order valence-electron chi connectivity index (χ0n) is 20.0. The van der Waals surface area contributed by atoms with Crippen LogP contribution in [0.1, 0.15) is 37.8 Å². The molecule has 0 aromatic heterocycles. The second kappa shape index (κ2) is 12.4. The lowest BCUT2D eigenvalue weighted by molar-refractivity contribution is -0.139. The molecule has 0 aliphatic heterocycles. The molecule has 0 spiro atoms. The molecule has 2 aromatic carbocycles. The second-order valence-electron chi connectivity index (χ2n) is 8.09. The van der Waals surface area contributed by atoms with Gasteiger partial charge in [-0.25, -0.2) is 8.42 Å². The van der Waals surface area contributed by atoms with E-state index in [0.717, 1.165) is 28.1 Å². The van der Waals surface area contributed by atoms with Gasteiger partial charge in [-0.05, 0) is 43.4 Å². The Morgan fingerprint density at radius 1 is 1.00 bits per heavy atom. The van der Waals surface area contributed by atoms with E-state index in [1.54, 1.807) is 25.1 Å². The van der Waals surface area contributed by atoms with E-state index in [1.165, 1.54) is 4.90 Å². The molecule has 1 unspecified atom stereocenters. The van der Waals surface area contributed by atoms with Crippen molar-refractivity contribution in [3.63, 3.8) is 0 Å². The molecule has 0 saturated heterocycles. The van der Waals surface area contributed by atoms with Crippen LogP contribution in [-0.2, 0) is 26.0 Å². The van der Waals surface area contributed by atoms with Crippen molar-refractivity contribution in [2.75, 3.05) is 30.2 Å². The fraction of sp³-hybridized carbons (Fsp3) is 0.440. The third-order valence-electron chi connectivity index (χ3n) is 5.48. The van der Waals surface area contributed by atoms with Gasteiger partial charge in [0.2, 0.25) is 21.8 Å². The minimum atomic E-state index is -3.72. The van der Waals surface area contributed by atoms with Gasteiger partial charge in [0, 0.05) is 13.1 Å².